The second-order valence-corrected chi connectivity index (χ2v) is 19.2. The zero-order valence-corrected chi connectivity index (χ0v) is 41.5. The lowest BCUT2D eigenvalue weighted by Gasteiger charge is -2.25. The molecule has 0 aliphatic heterocycles. The number of aryl methyl sites for hydroxylation is 2. The standard InChI is InChI=1S/C62H90N2/c1-5-9-13-17-21-25-47-63(48-26-22-18-14-10-6-2)59-41-33-53(34-42-59)29-31-55-37-45-61-57(51-55)39-40-58-52-56(38-46-62(58)61)32-30-54-35-43-60(44-36-54)64(49-27-23-19-15-11-7-3)50-28-24-20-16-12-8-4/h29-38,41-46,51-52H,5-28,39-40,47-50H2,1-4H3/b31-29+,32-30+. The van der Waals surface area contributed by atoms with Crippen LogP contribution < -0.4 is 9.80 Å². The molecule has 0 fully saturated rings. The van der Waals surface area contributed by atoms with E-state index >= 15 is 0 Å². The summed E-state index contributed by atoms with van der Waals surface area (Å²) in [7, 11) is 0. The number of benzene rings is 4. The van der Waals surface area contributed by atoms with E-state index in [2.05, 4.69) is 147 Å². The first-order valence-corrected chi connectivity index (χ1v) is 26.9. The highest BCUT2D eigenvalue weighted by molar-refractivity contribution is 5.79. The number of unbranched alkanes of at least 4 members (excludes halogenated alkanes) is 20. The summed E-state index contributed by atoms with van der Waals surface area (Å²) < 4.78 is 0. The van der Waals surface area contributed by atoms with Gasteiger partial charge in [0.25, 0.3) is 0 Å². The van der Waals surface area contributed by atoms with Crippen LogP contribution in [0.3, 0.4) is 0 Å². The van der Waals surface area contributed by atoms with Crippen molar-refractivity contribution in [2.45, 2.75) is 195 Å². The van der Waals surface area contributed by atoms with Crippen molar-refractivity contribution >= 4 is 35.7 Å². The lowest BCUT2D eigenvalue weighted by Crippen LogP contribution is -2.25. The van der Waals surface area contributed by atoms with Gasteiger partial charge in [0.15, 0.2) is 0 Å². The molecule has 0 heterocycles. The molecule has 1 aliphatic rings. The van der Waals surface area contributed by atoms with Crippen molar-refractivity contribution in [2.75, 3.05) is 36.0 Å². The first-order valence-electron chi connectivity index (χ1n) is 26.9. The first kappa shape index (κ1) is 51.0. The third-order valence-corrected chi connectivity index (χ3v) is 13.8. The fourth-order valence-corrected chi connectivity index (χ4v) is 9.69. The van der Waals surface area contributed by atoms with Crippen LogP contribution in [0.5, 0.6) is 0 Å². The molecule has 5 rings (SSSR count). The SMILES string of the molecule is CCCCCCCCN(CCCCCCCC)c1ccc(/C=C/c2ccc3c(c2)CCc2cc(/C=C/c4ccc(N(CCCCCCCC)CCCCCCCC)cc4)ccc2-3)cc1. The molecule has 0 atom stereocenters. The smallest absolute Gasteiger partial charge is 0.0366 e. The molecule has 0 radical (unpaired) electrons. The van der Waals surface area contributed by atoms with Crippen molar-refractivity contribution in [2.24, 2.45) is 0 Å². The van der Waals surface area contributed by atoms with Gasteiger partial charge in [0.1, 0.15) is 0 Å². The van der Waals surface area contributed by atoms with E-state index in [-0.39, 0.29) is 0 Å². The maximum absolute atomic E-state index is 2.66. The molecule has 0 N–H and O–H groups in total. The molecule has 2 nitrogen and oxygen atoms in total. The van der Waals surface area contributed by atoms with Crippen LogP contribution in [-0.4, -0.2) is 26.2 Å². The quantitative estimate of drug-likeness (QED) is 0.0341. The number of anilines is 2. The zero-order chi connectivity index (χ0) is 44.9. The molecule has 4 aromatic rings. The van der Waals surface area contributed by atoms with Crippen LogP contribution >= 0.6 is 0 Å². The van der Waals surface area contributed by atoms with Crippen molar-refractivity contribution in [3.63, 3.8) is 0 Å². The normalized spacial score (nSPS) is 12.3. The van der Waals surface area contributed by atoms with Gasteiger partial charge in [0.05, 0.1) is 0 Å². The number of rotatable bonds is 34. The fourth-order valence-electron chi connectivity index (χ4n) is 9.69. The van der Waals surface area contributed by atoms with E-state index in [4.69, 9.17) is 0 Å². The fraction of sp³-hybridized carbons (Fsp3) is 0.548. The minimum atomic E-state index is 1.09. The molecular weight excluding hydrogens is 773 g/mol. The average molecular weight is 863 g/mol. The van der Waals surface area contributed by atoms with Gasteiger partial charge in [0.2, 0.25) is 0 Å². The highest BCUT2D eigenvalue weighted by atomic mass is 15.1. The van der Waals surface area contributed by atoms with Crippen LogP contribution in [0.2, 0.25) is 0 Å². The van der Waals surface area contributed by atoms with Gasteiger partial charge in [-0.15, -0.1) is 0 Å². The molecule has 0 aromatic heterocycles. The maximum Gasteiger partial charge on any atom is 0.0366 e. The van der Waals surface area contributed by atoms with E-state index in [9.17, 15) is 0 Å². The molecule has 64 heavy (non-hydrogen) atoms. The summed E-state index contributed by atoms with van der Waals surface area (Å²) >= 11 is 0. The van der Waals surface area contributed by atoms with Crippen molar-refractivity contribution in [1.29, 1.82) is 0 Å². The maximum atomic E-state index is 2.66. The van der Waals surface area contributed by atoms with Crippen molar-refractivity contribution in [1.82, 2.24) is 0 Å². The Morgan fingerprint density at radius 2 is 0.578 bits per heavy atom. The van der Waals surface area contributed by atoms with Gasteiger partial charge in [0, 0.05) is 37.6 Å². The van der Waals surface area contributed by atoms with Gasteiger partial charge in [-0.25, -0.2) is 0 Å². The van der Waals surface area contributed by atoms with Crippen LogP contribution in [-0.2, 0) is 12.8 Å². The summed E-state index contributed by atoms with van der Waals surface area (Å²) in [6.45, 7) is 13.9. The molecule has 0 saturated heterocycles. The molecule has 0 spiro atoms. The lowest BCUT2D eigenvalue weighted by molar-refractivity contribution is 0.575. The van der Waals surface area contributed by atoms with Crippen LogP contribution in [0.25, 0.3) is 35.4 Å². The molecule has 0 saturated carbocycles. The molecule has 0 amide bonds. The van der Waals surface area contributed by atoms with E-state index < -0.39 is 0 Å². The lowest BCUT2D eigenvalue weighted by atomic mass is 9.84. The van der Waals surface area contributed by atoms with E-state index in [1.165, 1.54) is 236 Å². The monoisotopic (exact) mass is 863 g/mol. The molecule has 1 aliphatic carbocycles. The Bertz CT molecular complexity index is 1710. The second kappa shape index (κ2) is 31.0. The Morgan fingerprint density at radius 1 is 0.312 bits per heavy atom. The number of nitrogens with zero attached hydrogens (tertiary/aromatic N) is 2. The summed E-state index contributed by atoms with van der Waals surface area (Å²) in [5.41, 5.74) is 13.6. The van der Waals surface area contributed by atoms with E-state index in [0.29, 0.717) is 0 Å². The Labute approximate surface area is 394 Å². The number of fused-ring (bicyclic) bond motifs is 3. The average Bonchev–Trinajstić information content (AvgIpc) is 3.33. The summed E-state index contributed by atoms with van der Waals surface area (Å²) in [6.07, 6.45) is 43.9. The van der Waals surface area contributed by atoms with Gasteiger partial charge >= 0.3 is 0 Å². The molecule has 0 unspecified atom stereocenters. The highest BCUT2D eigenvalue weighted by Gasteiger charge is 2.16. The Balaban J connectivity index is 1.15. The van der Waals surface area contributed by atoms with Crippen LogP contribution in [0.1, 0.15) is 215 Å². The molecular formula is C62H90N2. The van der Waals surface area contributed by atoms with E-state index in [0.717, 1.165) is 12.8 Å². The van der Waals surface area contributed by atoms with Gasteiger partial charge in [-0.3, -0.25) is 0 Å². The second-order valence-electron chi connectivity index (χ2n) is 19.2. The van der Waals surface area contributed by atoms with Gasteiger partial charge in [-0.2, -0.15) is 0 Å². The summed E-state index contributed by atoms with van der Waals surface area (Å²) in [5, 5.41) is 0. The minimum absolute atomic E-state index is 1.09. The Hall–Kier alpha value is -4.04. The third-order valence-electron chi connectivity index (χ3n) is 13.8. The molecule has 2 heteroatoms. The summed E-state index contributed by atoms with van der Waals surface area (Å²) in [5.74, 6) is 0. The number of hydrogen-bond donors (Lipinski definition) is 0. The largest absolute Gasteiger partial charge is 0.372 e. The molecule has 348 valence electrons. The topological polar surface area (TPSA) is 6.48 Å². The number of hydrogen-bond acceptors (Lipinski definition) is 2. The first-order chi connectivity index (χ1) is 31.6. The molecule has 4 aromatic carbocycles. The predicted molar refractivity (Wildman–Crippen MR) is 288 cm³/mol. The van der Waals surface area contributed by atoms with Gasteiger partial charge < -0.3 is 9.80 Å². The van der Waals surface area contributed by atoms with Crippen LogP contribution in [0.15, 0.2) is 84.9 Å². The molecule has 0 bridgehead atoms. The van der Waals surface area contributed by atoms with Crippen LogP contribution in [0.4, 0.5) is 11.4 Å². The van der Waals surface area contributed by atoms with Crippen molar-refractivity contribution in [3.8, 4) is 11.1 Å². The summed E-state index contributed by atoms with van der Waals surface area (Å²) in [6, 6.07) is 32.9. The van der Waals surface area contributed by atoms with Crippen LogP contribution in [0, 0.1) is 0 Å². The predicted octanol–water partition coefficient (Wildman–Crippen LogP) is 18.8. The van der Waals surface area contributed by atoms with Gasteiger partial charge in [-0.05, 0) is 107 Å². The van der Waals surface area contributed by atoms with Crippen molar-refractivity contribution < 1.29 is 0 Å². The van der Waals surface area contributed by atoms with E-state index in [1.807, 2.05) is 0 Å². The third kappa shape index (κ3) is 18.4. The van der Waals surface area contributed by atoms with Crippen molar-refractivity contribution in [3.05, 3.63) is 118 Å². The van der Waals surface area contributed by atoms with Gasteiger partial charge in [-0.1, -0.05) is 241 Å². The van der Waals surface area contributed by atoms with E-state index in [1.54, 1.807) is 0 Å². The Morgan fingerprint density at radius 3 is 0.891 bits per heavy atom. The highest BCUT2D eigenvalue weighted by Crippen LogP contribution is 2.35. The Kier molecular flexibility index (Phi) is 24.7. The zero-order valence-electron chi connectivity index (χ0n) is 41.5. The minimum Gasteiger partial charge on any atom is -0.372 e. The summed E-state index contributed by atoms with van der Waals surface area (Å²) in [4.78, 5) is 5.32.